The van der Waals surface area contributed by atoms with E-state index >= 15 is 0 Å². The third-order valence-corrected chi connectivity index (χ3v) is 3.46. The van der Waals surface area contributed by atoms with Gasteiger partial charge in [0.15, 0.2) is 5.96 Å². The zero-order valence-electron chi connectivity index (χ0n) is 14.2. The fourth-order valence-electron chi connectivity index (χ4n) is 2.03. The number of rotatable bonds is 8. The molecular weight excluding hydrogens is 302 g/mol. The van der Waals surface area contributed by atoms with Gasteiger partial charge in [0.25, 0.3) is 0 Å². The first-order valence-corrected chi connectivity index (χ1v) is 7.60. The van der Waals surface area contributed by atoms with Gasteiger partial charge in [-0.05, 0) is 31.3 Å². The fourth-order valence-corrected chi connectivity index (χ4v) is 2.03. The molecule has 0 heterocycles. The molecule has 0 radical (unpaired) electrons. The van der Waals surface area contributed by atoms with Gasteiger partial charge in [0, 0.05) is 33.7 Å². The van der Waals surface area contributed by atoms with Crippen molar-refractivity contribution in [2.75, 3.05) is 40.8 Å². The largest absolute Gasteiger partial charge is 0.435 e. The number of alkyl halides is 2. The van der Waals surface area contributed by atoms with Crippen LogP contribution >= 0.6 is 0 Å². The molecular formula is C16H26F2N4O. The van der Waals surface area contributed by atoms with Crippen molar-refractivity contribution < 1.29 is 13.5 Å². The molecule has 0 atom stereocenters. The van der Waals surface area contributed by atoms with Crippen LogP contribution in [0.5, 0.6) is 5.75 Å². The lowest BCUT2D eigenvalue weighted by Crippen LogP contribution is -2.41. The van der Waals surface area contributed by atoms with Gasteiger partial charge in [0.1, 0.15) is 5.75 Å². The van der Waals surface area contributed by atoms with Gasteiger partial charge in [-0.2, -0.15) is 8.78 Å². The quantitative estimate of drug-likeness (QED) is 0.587. The van der Waals surface area contributed by atoms with E-state index in [-0.39, 0.29) is 5.75 Å². The maximum Gasteiger partial charge on any atom is 0.387 e. The molecule has 130 valence electrons. The summed E-state index contributed by atoms with van der Waals surface area (Å²) in [6.45, 7) is 2.68. The minimum absolute atomic E-state index is 0.163. The van der Waals surface area contributed by atoms with Gasteiger partial charge in [-0.3, -0.25) is 4.99 Å². The first-order valence-electron chi connectivity index (χ1n) is 7.60. The molecule has 1 aromatic rings. The normalized spacial score (nSPS) is 11.9. The minimum atomic E-state index is -2.80. The molecule has 0 saturated carbocycles. The van der Waals surface area contributed by atoms with E-state index in [0.29, 0.717) is 6.54 Å². The van der Waals surface area contributed by atoms with Crippen molar-refractivity contribution in [3.05, 3.63) is 29.8 Å². The molecule has 0 aromatic heterocycles. The summed E-state index contributed by atoms with van der Waals surface area (Å²) in [6, 6.07) is 6.63. The highest BCUT2D eigenvalue weighted by molar-refractivity contribution is 5.79. The highest BCUT2D eigenvalue weighted by Gasteiger charge is 2.08. The highest BCUT2D eigenvalue weighted by Crippen LogP contribution is 2.15. The first-order chi connectivity index (χ1) is 11.0. The van der Waals surface area contributed by atoms with E-state index in [1.54, 1.807) is 31.3 Å². The smallest absolute Gasteiger partial charge is 0.387 e. The third kappa shape index (κ3) is 7.27. The number of benzene rings is 1. The van der Waals surface area contributed by atoms with E-state index in [4.69, 9.17) is 0 Å². The van der Waals surface area contributed by atoms with Crippen LogP contribution in [-0.4, -0.2) is 63.1 Å². The molecule has 1 N–H and O–H groups in total. The van der Waals surface area contributed by atoms with Crippen molar-refractivity contribution in [2.24, 2.45) is 4.99 Å². The number of likely N-dealkylation sites (N-methyl/N-ethyl adjacent to an activating group) is 1. The summed E-state index contributed by atoms with van der Waals surface area (Å²) < 4.78 is 28.6. The number of guanidine groups is 1. The van der Waals surface area contributed by atoms with Gasteiger partial charge >= 0.3 is 6.61 Å². The van der Waals surface area contributed by atoms with Crippen LogP contribution in [0.15, 0.2) is 29.3 Å². The van der Waals surface area contributed by atoms with Gasteiger partial charge in [-0.15, -0.1) is 0 Å². The van der Waals surface area contributed by atoms with Crippen LogP contribution in [0, 0.1) is 0 Å². The van der Waals surface area contributed by atoms with Crippen molar-refractivity contribution in [3.8, 4) is 5.75 Å². The van der Waals surface area contributed by atoms with Crippen LogP contribution in [-0.2, 0) is 6.54 Å². The molecule has 0 aliphatic carbocycles. The van der Waals surface area contributed by atoms with Crippen molar-refractivity contribution in [3.63, 3.8) is 0 Å². The average molecular weight is 328 g/mol. The lowest BCUT2D eigenvalue weighted by atomic mass is 10.2. The average Bonchev–Trinajstić information content (AvgIpc) is 2.52. The Hall–Kier alpha value is -1.89. The standard InChI is InChI=1S/C16H26F2N4O/c1-5-21(3)11-10-20-16(19-2)22(4)12-13-6-8-14(9-7-13)23-15(17)18/h6-9,15H,5,10-12H2,1-4H3,(H,19,20). The van der Waals surface area contributed by atoms with Gasteiger partial charge < -0.3 is 19.9 Å². The lowest BCUT2D eigenvalue weighted by molar-refractivity contribution is -0.0498. The van der Waals surface area contributed by atoms with Crippen molar-refractivity contribution in [1.29, 1.82) is 0 Å². The summed E-state index contributed by atoms with van der Waals surface area (Å²) >= 11 is 0. The highest BCUT2D eigenvalue weighted by atomic mass is 19.3. The van der Waals surface area contributed by atoms with E-state index in [2.05, 4.69) is 33.9 Å². The van der Waals surface area contributed by atoms with E-state index in [0.717, 1.165) is 31.2 Å². The summed E-state index contributed by atoms with van der Waals surface area (Å²) in [5, 5.41) is 3.30. The molecule has 23 heavy (non-hydrogen) atoms. The fraction of sp³-hybridized carbons (Fsp3) is 0.562. The molecule has 1 aromatic carbocycles. The number of aliphatic imine (C=N–C) groups is 1. The van der Waals surface area contributed by atoms with Crippen molar-refractivity contribution >= 4 is 5.96 Å². The summed E-state index contributed by atoms with van der Waals surface area (Å²) in [6.07, 6.45) is 0. The van der Waals surface area contributed by atoms with E-state index in [1.165, 1.54) is 0 Å². The van der Waals surface area contributed by atoms with Crippen LogP contribution in [0.3, 0.4) is 0 Å². The molecule has 0 unspecified atom stereocenters. The van der Waals surface area contributed by atoms with Gasteiger partial charge in [-0.1, -0.05) is 19.1 Å². The molecule has 0 bridgehead atoms. The van der Waals surface area contributed by atoms with E-state index in [9.17, 15) is 8.78 Å². The minimum Gasteiger partial charge on any atom is -0.435 e. The number of hydrogen-bond donors (Lipinski definition) is 1. The maximum atomic E-state index is 12.1. The molecule has 0 aliphatic rings. The number of nitrogens with one attached hydrogen (secondary N) is 1. The molecule has 0 spiro atoms. The third-order valence-electron chi connectivity index (χ3n) is 3.46. The van der Waals surface area contributed by atoms with Crippen molar-refractivity contribution in [1.82, 2.24) is 15.1 Å². The second-order valence-corrected chi connectivity index (χ2v) is 5.25. The molecule has 1 rings (SSSR count). The number of hydrogen-bond acceptors (Lipinski definition) is 3. The van der Waals surface area contributed by atoms with Crippen LogP contribution in [0.25, 0.3) is 0 Å². The predicted molar refractivity (Wildman–Crippen MR) is 89.1 cm³/mol. The Balaban J connectivity index is 2.50. The SMILES string of the molecule is CCN(C)CCNC(=NC)N(C)Cc1ccc(OC(F)F)cc1. The first kappa shape index (κ1) is 19.2. The van der Waals surface area contributed by atoms with Gasteiger partial charge in [0.05, 0.1) is 0 Å². The Morgan fingerprint density at radius 3 is 2.43 bits per heavy atom. The van der Waals surface area contributed by atoms with Gasteiger partial charge in [-0.25, -0.2) is 0 Å². The Bertz CT molecular complexity index is 479. The van der Waals surface area contributed by atoms with Crippen LogP contribution < -0.4 is 10.1 Å². The Morgan fingerprint density at radius 1 is 1.26 bits per heavy atom. The number of ether oxygens (including phenoxy) is 1. The summed E-state index contributed by atoms with van der Waals surface area (Å²) in [5.41, 5.74) is 0.989. The van der Waals surface area contributed by atoms with Crippen LogP contribution in [0.2, 0.25) is 0 Å². The monoisotopic (exact) mass is 328 g/mol. The second-order valence-electron chi connectivity index (χ2n) is 5.25. The Kier molecular flexibility index (Phi) is 8.32. The molecule has 7 heteroatoms. The molecule has 5 nitrogen and oxygen atoms in total. The Morgan fingerprint density at radius 2 is 1.91 bits per heavy atom. The molecule has 0 amide bonds. The summed E-state index contributed by atoms with van der Waals surface area (Å²) in [7, 11) is 5.74. The van der Waals surface area contributed by atoms with Crippen LogP contribution in [0.1, 0.15) is 12.5 Å². The topological polar surface area (TPSA) is 40.1 Å². The summed E-state index contributed by atoms with van der Waals surface area (Å²) in [5.74, 6) is 0.957. The predicted octanol–water partition coefficient (Wildman–Crippen LogP) is 2.25. The molecule has 0 aliphatic heterocycles. The van der Waals surface area contributed by atoms with Crippen LogP contribution in [0.4, 0.5) is 8.78 Å². The van der Waals surface area contributed by atoms with Gasteiger partial charge in [0.2, 0.25) is 0 Å². The zero-order valence-corrected chi connectivity index (χ0v) is 14.2. The Labute approximate surface area is 136 Å². The summed E-state index contributed by atoms with van der Waals surface area (Å²) in [4.78, 5) is 8.44. The number of nitrogens with zero attached hydrogens (tertiary/aromatic N) is 3. The number of halogens is 2. The maximum absolute atomic E-state index is 12.1. The molecule has 0 fully saturated rings. The lowest BCUT2D eigenvalue weighted by Gasteiger charge is -2.23. The molecule has 0 saturated heterocycles. The van der Waals surface area contributed by atoms with E-state index in [1.807, 2.05) is 11.9 Å². The van der Waals surface area contributed by atoms with E-state index < -0.39 is 6.61 Å². The zero-order chi connectivity index (χ0) is 17.2. The second kappa shape index (κ2) is 9.99. The van der Waals surface area contributed by atoms with Crippen molar-refractivity contribution in [2.45, 2.75) is 20.1 Å².